The lowest BCUT2D eigenvalue weighted by atomic mass is 10.1. The number of hydrogen-bond acceptors (Lipinski definition) is 7. The summed E-state index contributed by atoms with van der Waals surface area (Å²) in [6.07, 6.45) is -0.0194. The summed E-state index contributed by atoms with van der Waals surface area (Å²) in [7, 11) is 0. The Kier molecular flexibility index (Phi) is 7.36. The van der Waals surface area contributed by atoms with Crippen molar-refractivity contribution in [1.82, 2.24) is 20.3 Å². The monoisotopic (exact) mass is 506 g/mol. The van der Waals surface area contributed by atoms with Gasteiger partial charge in [-0.3, -0.25) is 4.79 Å². The van der Waals surface area contributed by atoms with Crippen LogP contribution in [0.1, 0.15) is 65.8 Å². The van der Waals surface area contributed by atoms with E-state index in [0.29, 0.717) is 36.0 Å². The fourth-order valence-corrected chi connectivity index (χ4v) is 4.38. The van der Waals surface area contributed by atoms with E-state index in [1.165, 1.54) is 0 Å². The average Bonchev–Trinajstić information content (AvgIpc) is 3.51. The van der Waals surface area contributed by atoms with Crippen LogP contribution in [0.15, 0.2) is 36.8 Å². The van der Waals surface area contributed by atoms with Crippen molar-refractivity contribution >= 4 is 17.2 Å². The highest BCUT2D eigenvalue weighted by Crippen LogP contribution is 2.33. The molecule has 1 N–H and O–H groups in total. The van der Waals surface area contributed by atoms with E-state index in [0.717, 1.165) is 34.3 Å². The van der Waals surface area contributed by atoms with Crippen molar-refractivity contribution < 1.29 is 27.4 Å². The lowest BCUT2D eigenvalue weighted by molar-refractivity contribution is -0.145. The van der Waals surface area contributed by atoms with Gasteiger partial charge in [0.05, 0.1) is 19.3 Å². The Bertz CT molecular complexity index is 1180. The Morgan fingerprint density at radius 1 is 1.14 bits per heavy atom. The molecule has 35 heavy (non-hydrogen) atoms. The van der Waals surface area contributed by atoms with Gasteiger partial charge in [-0.1, -0.05) is 13.8 Å². The second-order valence-corrected chi connectivity index (χ2v) is 9.67. The fraction of sp³-hybridized carbons (Fsp3) is 0.417. The Morgan fingerprint density at radius 3 is 2.49 bits per heavy atom. The first kappa shape index (κ1) is 25.1. The van der Waals surface area contributed by atoms with E-state index in [1.54, 1.807) is 30.4 Å². The number of carbonyl (C=O) groups is 1. The number of benzene rings is 1. The van der Waals surface area contributed by atoms with Gasteiger partial charge in [0.1, 0.15) is 16.9 Å². The third-order valence-electron chi connectivity index (χ3n) is 5.47. The summed E-state index contributed by atoms with van der Waals surface area (Å²) in [6.45, 7) is 6.92. The van der Waals surface area contributed by atoms with Gasteiger partial charge in [0.2, 0.25) is 5.82 Å². The number of nitrogens with zero attached hydrogens (tertiary/aromatic N) is 3. The maximum Gasteiger partial charge on any atom is 0.451 e. The SMILES string of the molecule is CC(C)c1cnc(-c2cc(O[C@H]3CCOC3)cc(C(=O)NC(C)c3cnc(C(F)(F)F)nc3)c2)s1. The Hall–Kier alpha value is -3.05. The number of thiazole rings is 1. The summed E-state index contributed by atoms with van der Waals surface area (Å²) < 4.78 is 49.7. The molecule has 1 fully saturated rings. The molecule has 3 heterocycles. The van der Waals surface area contributed by atoms with E-state index in [1.807, 2.05) is 12.3 Å². The number of carbonyl (C=O) groups excluding carboxylic acids is 1. The van der Waals surface area contributed by atoms with Gasteiger partial charge in [0.15, 0.2) is 0 Å². The van der Waals surface area contributed by atoms with Gasteiger partial charge < -0.3 is 14.8 Å². The maximum absolute atomic E-state index is 13.1. The lowest BCUT2D eigenvalue weighted by Crippen LogP contribution is -2.27. The van der Waals surface area contributed by atoms with Crippen LogP contribution in [0.5, 0.6) is 5.75 Å². The quantitative estimate of drug-likeness (QED) is 0.462. The average molecular weight is 507 g/mol. The molecule has 0 bridgehead atoms. The Labute approximate surface area is 204 Å². The van der Waals surface area contributed by atoms with E-state index in [2.05, 4.69) is 34.1 Å². The zero-order valence-corrected chi connectivity index (χ0v) is 20.2. The summed E-state index contributed by atoms with van der Waals surface area (Å²) in [6, 6.07) is 4.61. The number of aromatic nitrogens is 3. The molecule has 0 aliphatic carbocycles. The van der Waals surface area contributed by atoms with Gasteiger partial charge >= 0.3 is 6.18 Å². The van der Waals surface area contributed by atoms with E-state index >= 15 is 0 Å². The van der Waals surface area contributed by atoms with Crippen molar-refractivity contribution in [2.24, 2.45) is 0 Å². The fourth-order valence-electron chi connectivity index (χ4n) is 3.48. The zero-order chi connectivity index (χ0) is 25.2. The predicted molar refractivity (Wildman–Crippen MR) is 124 cm³/mol. The normalized spacial score (nSPS) is 16.9. The molecule has 4 rings (SSSR count). The smallest absolute Gasteiger partial charge is 0.451 e. The van der Waals surface area contributed by atoms with Crippen LogP contribution in [0.4, 0.5) is 13.2 Å². The molecule has 186 valence electrons. The van der Waals surface area contributed by atoms with E-state index in [9.17, 15) is 18.0 Å². The third kappa shape index (κ3) is 6.15. The minimum atomic E-state index is -4.63. The van der Waals surface area contributed by atoms with Crippen molar-refractivity contribution in [2.75, 3.05) is 13.2 Å². The second kappa shape index (κ2) is 10.3. The van der Waals surface area contributed by atoms with Gasteiger partial charge in [-0.2, -0.15) is 13.2 Å². The number of nitrogens with one attached hydrogen (secondary N) is 1. The van der Waals surface area contributed by atoms with E-state index in [4.69, 9.17) is 9.47 Å². The molecule has 1 aliphatic heterocycles. The Balaban J connectivity index is 1.58. The first-order valence-electron chi connectivity index (χ1n) is 11.2. The summed E-state index contributed by atoms with van der Waals surface area (Å²) >= 11 is 1.55. The van der Waals surface area contributed by atoms with Gasteiger partial charge in [0.25, 0.3) is 5.91 Å². The molecule has 2 aromatic heterocycles. The first-order valence-corrected chi connectivity index (χ1v) is 12.0. The lowest BCUT2D eigenvalue weighted by Gasteiger charge is -2.17. The molecule has 0 radical (unpaired) electrons. The van der Waals surface area contributed by atoms with Crippen molar-refractivity contribution in [1.29, 1.82) is 0 Å². The Morgan fingerprint density at radius 2 is 1.89 bits per heavy atom. The first-order chi connectivity index (χ1) is 16.6. The largest absolute Gasteiger partial charge is 0.488 e. The van der Waals surface area contributed by atoms with Crippen LogP contribution >= 0.6 is 11.3 Å². The molecular formula is C24H25F3N4O3S. The van der Waals surface area contributed by atoms with Gasteiger partial charge in [-0.25, -0.2) is 15.0 Å². The molecule has 1 saturated heterocycles. The van der Waals surface area contributed by atoms with Crippen LogP contribution in [-0.4, -0.2) is 40.2 Å². The number of hydrogen-bond donors (Lipinski definition) is 1. The molecular weight excluding hydrogens is 481 g/mol. The maximum atomic E-state index is 13.1. The third-order valence-corrected chi connectivity index (χ3v) is 6.82. The minimum absolute atomic E-state index is 0.105. The topological polar surface area (TPSA) is 86.2 Å². The van der Waals surface area contributed by atoms with Crippen LogP contribution in [0, 0.1) is 0 Å². The van der Waals surface area contributed by atoms with Crippen molar-refractivity contribution in [3.8, 4) is 16.3 Å². The van der Waals surface area contributed by atoms with Gasteiger partial charge in [-0.15, -0.1) is 11.3 Å². The van der Waals surface area contributed by atoms with Crippen molar-refractivity contribution in [3.05, 3.63) is 58.6 Å². The molecule has 1 amide bonds. The van der Waals surface area contributed by atoms with Crippen LogP contribution in [0.2, 0.25) is 0 Å². The summed E-state index contributed by atoms with van der Waals surface area (Å²) in [5.74, 6) is -0.789. The number of alkyl halides is 3. The highest BCUT2D eigenvalue weighted by Gasteiger charge is 2.34. The van der Waals surface area contributed by atoms with Crippen LogP contribution in [0.3, 0.4) is 0 Å². The zero-order valence-electron chi connectivity index (χ0n) is 19.4. The molecule has 0 spiro atoms. The molecule has 1 unspecified atom stereocenters. The molecule has 1 aromatic carbocycles. The predicted octanol–water partition coefficient (Wildman–Crippen LogP) is 5.40. The number of halogens is 3. The van der Waals surface area contributed by atoms with Crippen molar-refractivity contribution in [2.45, 2.75) is 51.4 Å². The number of rotatable bonds is 7. The minimum Gasteiger partial charge on any atom is -0.488 e. The molecule has 7 nitrogen and oxygen atoms in total. The van der Waals surface area contributed by atoms with Crippen LogP contribution in [0.25, 0.3) is 10.6 Å². The molecule has 2 atom stereocenters. The highest BCUT2D eigenvalue weighted by molar-refractivity contribution is 7.15. The molecule has 11 heteroatoms. The standard InChI is InChI=1S/C24H25F3N4O3S/c1-13(2)20-11-28-22(35-20)16-6-15(7-19(8-16)34-18-4-5-33-12-18)21(32)31-14(3)17-9-29-23(30-10-17)24(25,26)27/h6-11,13-14,18H,4-5,12H2,1-3H3,(H,31,32)/t14?,18-/m0/s1. The molecule has 0 saturated carbocycles. The van der Waals surface area contributed by atoms with Crippen molar-refractivity contribution in [3.63, 3.8) is 0 Å². The van der Waals surface area contributed by atoms with Gasteiger partial charge in [0, 0.05) is 46.6 Å². The molecule has 3 aromatic rings. The van der Waals surface area contributed by atoms with E-state index < -0.39 is 23.9 Å². The molecule has 1 aliphatic rings. The van der Waals surface area contributed by atoms with E-state index in [-0.39, 0.29) is 6.10 Å². The summed E-state index contributed by atoms with van der Waals surface area (Å²) in [5, 5.41) is 3.56. The van der Waals surface area contributed by atoms with Gasteiger partial charge in [-0.05, 0) is 31.0 Å². The second-order valence-electron chi connectivity index (χ2n) is 8.60. The highest BCUT2D eigenvalue weighted by atomic mass is 32.1. The summed E-state index contributed by atoms with van der Waals surface area (Å²) in [5.41, 5.74) is 1.44. The summed E-state index contributed by atoms with van der Waals surface area (Å²) in [4.78, 5) is 25.5. The van der Waals surface area contributed by atoms with Crippen LogP contribution in [-0.2, 0) is 10.9 Å². The van der Waals surface area contributed by atoms with Crippen LogP contribution < -0.4 is 10.1 Å². The number of amides is 1. The number of ether oxygens (including phenoxy) is 2.